The van der Waals surface area contributed by atoms with Crippen LogP contribution >= 0.6 is 0 Å². The number of hydrogen-bond donors (Lipinski definition) is 1. The fourth-order valence-electron chi connectivity index (χ4n) is 2.87. The molecule has 2 atom stereocenters. The molecule has 2 rings (SSSR count). The number of anilines is 2. The molecule has 0 aromatic heterocycles. The summed E-state index contributed by atoms with van der Waals surface area (Å²) in [5.74, 6) is 0.839. The Morgan fingerprint density at radius 2 is 1.71 bits per heavy atom. The lowest BCUT2D eigenvalue weighted by Crippen LogP contribution is -2.42. The topological polar surface area (TPSA) is 48.1 Å². The molecule has 2 unspecified atom stereocenters. The van der Waals surface area contributed by atoms with Gasteiger partial charge in [-0.3, -0.25) is 0 Å². The minimum atomic E-state index is 0.0483. The lowest BCUT2D eigenvalue weighted by Gasteiger charge is -2.29. The van der Waals surface area contributed by atoms with Crippen LogP contribution in [0.2, 0.25) is 0 Å². The average molecular weight is 329 g/mol. The molecule has 1 aromatic carbocycles. The van der Waals surface area contributed by atoms with E-state index in [4.69, 9.17) is 5.73 Å². The predicted molar refractivity (Wildman–Crippen MR) is 104 cm³/mol. The van der Waals surface area contributed by atoms with E-state index in [9.17, 15) is 0 Å². The van der Waals surface area contributed by atoms with Crippen molar-refractivity contribution in [2.24, 2.45) is 10.8 Å². The monoisotopic (exact) mass is 329 g/mol. The number of benzene rings is 1. The summed E-state index contributed by atoms with van der Waals surface area (Å²) in [5.41, 5.74) is 8.29. The molecule has 0 radical (unpaired) electrons. The van der Waals surface area contributed by atoms with Crippen LogP contribution in [0, 0.1) is 0 Å². The summed E-state index contributed by atoms with van der Waals surface area (Å²) in [6, 6.07) is 8.76. The molecule has 1 aliphatic heterocycles. The molecule has 0 saturated carbocycles. The first-order chi connectivity index (χ1) is 11.5. The zero-order valence-corrected chi connectivity index (χ0v) is 15.4. The van der Waals surface area contributed by atoms with Crippen molar-refractivity contribution in [1.29, 1.82) is 0 Å². The van der Waals surface area contributed by atoms with Gasteiger partial charge in [0.15, 0.2) is 0 Å². The van der Waals surface area contributed by atoms with Gasteiger partial charge in [0.2, 0.25) is 0 Å². The molecule has 2 N–H and O–H groups in total. The number of nitrogens with two attached hydrogens (primary N) is 1. The molecule has 5 nitrogen and oxygen atoms in total. The Morgan fingerprint density at radius 1 is 1.12 bits per heavy atom. The molecule has 1 heterocycles. The van der Waals surface area contributed by atoms with E-state index in [-0.39, 0.29) is 12.1 Å². The fraction of sp³-hybridized carbons (Fsp3) is 0.526. The molecule has 0 fully saturated rings. The summed E-state index contributed by atoms with van der Waals surface area (Å²) in [6.45, 7) is 14.9. The molecular weight excluding hydrogens is 298 g/mol. The van der Waals surface area contributed by atoms with Crippen LogP contribution in [-0.4, -0.2) is 36.4 Å². The van der Waals surface area contributed by atoms with Crippen molar-refractivity contribution in [1.82, 2.24) is 4.90 Å². The van der Waals surface area contributed by atoms with E-state index in [1.165, 1.54) is 5.69 Å². The Kier molecular flexibility index (Phi) is 6.26. The SMILES string of the molecule is C=C1N(c2ccc(N(CCC)CCC)cc2)N=CN1C(C)C(C)N. The van der Waals surface area contributed by atoms with Crippen LogP contribution in [0.1, 0.15) is 40.5 Å². The van der Waals surface area contributed by atoms with Gasteiger partial charge in [0.05, 0.1) is 5.69 Å². The number of hydrazone groups is 1. The van der Waals surface area contributed by atoms with Gasteiger partial charge in [-0.1, -0.05) is 20.4 Å². The molecule has 24 heavy (non-hydrogen) atoms. The number of nitrogens with zero attached hydrogens (tertiary/aromatic N) is 4. The van der Waals surface area contributed by atoms with Crippen LogP contribution in [0.5, 0.6) is 0 Å². The van der Waals surface area contributed by atoms with Crippen LogP contribution in [0.15, 0.2) is 41.8 Å². The maximum absolute atomic E-state index is 6.00. The molecule has 1 aromatic rings. The summed E-state index contributed by atoms with van der Waals surface area (Å²) in [5, 5.41) is 6.35. The van der Waals surface area contributed by atoms with Crippen LogP contribution in [-0.2, 0) is 0 Å². The molecular formula is C19H31N5. The fourth-order valence-corrected chi connectivity index (χ4v) is 2.87. The second-order valence-electron chi connectivity index (χ2n) is 6.47. The lowest BCUT2D eigenvalue weighted by atomic mass is 10.1. The van der Waals surface area contributed by atoms with Crippen molar-refractivity contribution in [2.75, 3.05) is 23.0 Å². The molecule has 0 aliphatic carbocycles. The highest BCUT2D eigenvalue weighted by Gasteiger charge is 2.26. The summed E-state index contributed by atoms with van der Waals surface area (Å²) in [7, 11) is 0. The van der Waals surface area contributed by atoms with E-state index in [1.807, 2.05) is 23.2 Å². The van der Waals surface area contributed by atoms with E-state index in [2.05, 4.69) is 61.6 Å². The van der Waals surface area contributed by atoms with E-state index < -0.39 is 0 Å². The Morgan fingerprint density at radius 3 is 2.21 bits per heavy atom. The minimum absolute atomic E-state index is 0.0483. The molecule has 0 bridgehead atoms. The first kappa shape index (κ1) is 18.3. The normalized spacial score (nSPS) is 16.6. The lowest BCUT2D eigenvalue weighted by molar-refractivity contribution is 0.368. The maximum Gasteiger partial charge on any atom is 0.129 e. The maximum atomic E-state index is 6.00. The number of hydrogen-bond acceptors (Lipinski definition) is 5. The highest BCUT2D eigenvalue weighted by atomic mass is 15.6. The average Bonchev–Trinajstić information content (AvgIpc) is 2.95. The van der Waals surface area contributed by atoms with Crippen LogP contribution in [0.25, 0.3) is 0 Å². The Bertz CT molecular complexity index is 558. The van der Waals surface area contributed by atoms with Gasteiger partial charge in [0.25, 0.3) is 0 Å². The van der Waals surface area contributed by atoms with E-state index in [0.717, 1.165) is 37.4 Å². The van der Waals surface area contributed by atoms with Crippen LogP contribution < -0.4 is 15.6 Å². The third kappa shape index (κ3) is 3.90. The van der Waals surface area contributed by atoms with Gasteiger partial charge in [-0.25, -0.2) is 5.01 Å². The molecule has 1 aliphatic rings. The van der Waals surface area contributed by atoms with Gasteiger partial charge in [0.1, 0.15) is 12.2 Å². The van der Waals surface area contributed by atoms with E-state index in [1.54, 1.807) is 0 Å². The van der Waals surface area contributed by atoms with Crippen molar-refractivity contribution < 1.29 is 0 Å². The van der Waals surface area contributed by atoms with Crippen LogP contribution in [0.3, 0.4) is 0 Å². The summed E-state index contributed by atoms with van der Waals surface area (Å²) in [4.78, 5) is 4.45. The molecule has 5 heteroatoms. The smallest absolute Gasteiger partial charge is 0.129 e. The second kappa shape index (κ2) is 8.20. The zero-order chi connectivity index (χ0) is 17.7. The van der Waals surface area contributed by atoms with Gasteiger partial charge < -0.3 is 15.5 Å². The zero-order valence-electron chi connectivity index (χ0n) is 15.4. The van der Waals surface area contributed by atoms with Crippen molar-refractivity contribution in [3.63, 3.8) is 0 Å². The largest absolute Gasteiger partial charge is 0.372 e. The first-order valence-electron chi connectivity index (χ1n) is 8.91. The van der Waals surface area contributed by atoms with Crippen molar-refractivity contribution in [3.05, 3.63) is 36.7 Å². The highest BCUT2D eigenvalue weighted by Crippen LogP contribution is 2.28. The van der Waals surface area contributed by atoms with Gasteiger partial charge >= 0.3 is 0 Å². The van der Waals surface area contributed by atoms with Crippen molar-refractivity contribution >= 4 is 17.7 Å². The Hall–Kier alpha value is -2.01. The van der Waals surface area contributed by atoms with Gasteiger partial charge in [-0.05, 0) is 51.0 Å². The Balaban J connectivity index is 2.11. The summed E-state index contributed by atoms with van der Waals surface area (Å²) in [6.07, 6.45) is 4.11. The van der Waals surface area contributed by atoms with Gasteiger partial charge in [0, 0.05) is 30.9 Å². The Labute approximate surface area is 146 Å². The summed E-state index contributed by atoms with van der Waals surface area (Å²) < 4.78 is 0. The van der Waals surface area contributed by atoms with Gasteiger partial charge in [-0.2, -0.15) is 5.10 Å². The second-order valence-corrected chi connectivity index (χ2v) is 6.47. The molecule has 132 valence electrons. The van der Waals surface area contributed by atoms with E-state index in [0.29, 0.717) is 0 Å². The minimum Gasteiger partial charge on any atom is -0.372 e. The first-order valence-corrected chi connectivity index (χ1v) is 8.91. The molecule has 0 saturated heterocycles. The van der Waals surface area contributed by atoms with Crippen LogP contribution in [0.4, 0.5) is 11.4 Å². The highest BCUT2D eigenvalue weighted by molar-refractivity contribution is 5.70. The standard InChI is InChI=1S/C19H31N5/c1-6-12-22(13-7-2)18-8-10-19(11-9-18)24-17(5)23(14-21-24)16(4)15(3)20/h8-11,14-16H,5-7,12-13,20H2,1-4H3. The van der Waals surface area contributed by atoms with Gasteiger partial charge in [-0.15, -0.1) is 0 Å². The quantitative estimate of drug-likeness (QED) is 0.792. The predicted octanol–water partition coefficient (Wildman–Crippen LogP) is 3.59. The summed E-state index contributed by atoms with van der Waals surface area (Å²) >= 11 is 0. The number of rotatable bonds is 8. The van der Waals surface area contributed by atoms with E-state index >= 15 is 0 Å². The van der Waals surface area contributed by atoms with Crippen molar-refractivity contribution in [2.45, 2.75) is 52.6 Å². The third-order valence-corrected chi connectivity index (χ3v) is 4.48. The molecule has 0 amide bonds. The molecule has 0 spiro atoms. The van der Waals surface area contributed by atoms with Crippen molar-refractivity contribution in [3.8, 4) is 0 Å². The third-order valence-electron chi connectivity index (χ3n) is 4.48.